The van der Waals surface area contributed by atoms with E-state index in [1.165, 1.54) is 26.5 Å². The molecule has 0 saturated carbocycles. The fraction of sp³-hybridized carbons (Fsp3) is 0.364. The summed E-state index contributed by atoms with van der Waals surface area (Å²) in [6.45, 7) is 1.16. The van der Waals surface area contributed by atoms with Crippen LogP contribution in [0.25, 0.3) is 0 Å². The fourth-order valence-electron chi connectivity index (χ4n) is 1.36. The SMILES string of the molecule is COC(=O)C(S)(OC(C)=O)c1cccnc1OC. The van der Waals surface area contributed by atoms with Crippen molar-refractivity contribution in [2.24, 2.45) is 0 Å². The summed E-state index contributed by atoms with van der Waals surface area (Å²) in [4.78, 5) is 24.9. The van der Waals surface area contributed by atoms with Gasteiger partial charge < -0.3 is 14.2 Å². The predicted octanol–water partition coefficient (Wildman–Crippen LogP) is 0.909. The lowest BCUT2D eigenvalue weighted by atomic mass is 10.1. The van der Waals surface area contributed by atoms with Crippen molar-refractivity contribution in [2.45, 2.75) is 11.9 Å². The monoisotopic (exact) mass is 271 g/mol. The number of nitrogens with zero attached hydrogens (tertiary/aromatic N) is 1. The summed E-state index contributed by atoms with van der Waals surface area (Å²) in [6.07, 6.45) is 1.47. The van der Waals surface area contributed by atoms with E-state index in [2.05, 4.69) is 22.3 Å². The Morgan fingerprint density at radius 3 is 2.56 bits per heavy atom. The van der Waals surface area contributed by atoms with Gasteiger partial charge in [0.1, 0.15) is 0 Å². The number of carbonyl (C=O) groups excluding carboxylic acids is 2. The molecule has 0 aliphatic rings. The average Bonchev–Trinajstić information content (AvgIpc) is 2.36. The number of rotatable bonds is 4. The average molecular weight is 271 g/mol. The summed E-state index contributed by atoms with van der Waals surface area (Å²) in [5.41, 5.74) is 0.192. The van der Waals surface area contributed by atoms with E-state index in [4.69, 9.17) is 9.47 Å². The second-order valence-corrected chi connectivity index (χ2v) is 3.92. The molecule has 98 valence electrons. The molecule has 0 aliphatic carbocycles. The first-order valence-electron chi connectivity index (χ1n) is 4.95. The third-order valence-corrected chi connectivity index (χ3v) is 2.60. The first-order valence-corrected chi connectivity index (χ1v) is 5.40. The van der Waals surface area contributed by atoms with Gasteiger partial charge in [0.15, 0.2) is 0 Å². The standard InChI is InChI=1S/C11H13NO5S/c1-7(13)17-11(18,10(14)16-3)8-5-4-6-12-9(8)15-2/h4-6,18H,1-3H3. The van der Waals surface area contributed by atoms with Gasteiger partial charge in [-0.1, -0.05) is 0 Å². The molecule has 0 radical (unpaired) electrons. The highest BCUT2D eigenvalue weighted by atomic mass is 32.1. The molecule has 18 heavy (non-hydrogen) atoms. The van der Waals surface area contributed by atoms with Crippen LogP contribution in [-0.4, -0.2) is 31.1 Å². The van der Waals surface area contributed by atoms with Crippen molar-refractivity contribution in [1.29, 1.82) is 0 Å². The maximum Gasteiger partial charge on any atom is 0.366 e. The van der Waals surface area contributed by atoms with Gasteiger partial charge in [-0.3, -0.25) is 4.79 Å². The van der Waals surface area contributed by atoms with E-state index in [1.807, 2.05) is 0 Å². The molecule has 6 nitrogen and oxygen atoms in total. The molecule has 0 N–H and O–H groups in total. The number of hydrogen-bond acceptors (Lipinski definition) is 7. The topological polar surface area (TPSA) is 74.7 Å². The molecule has 1 atom stereocenters. The van der Waals surface area contributed by atoms with Crippen LogP contribution in [0.3, 0.4) is 0 Å². The van der Waals surface area contributed by atoms with Gasteiger partial charge >= 0.3 is 11.9 Å². The van der Waals surface area contributed by atoms with Gasteiger partial charge in [-0.25, -0.2) is 9.78 Å². The van der Waals surface area contributed by atoms with Gasteiger partial charge in [0.05, 0.1) is 19.8 Å². The van der Waals surface area contributed by atoms with Gasteiger partial charge in [-0.15, -0.1) is 12.6 Å². The van der Waals surface area contributed by atoms with Gasteiger partial charge in [0, 0.05) is 13.1 Å². The highest BCUT2D eigenvalue weighted by Gasteiger charge is 2.44. The van der Waals surface area contributed by atoms with Crippen LogP contribution in [0.15, 0.2) is 18.3 Å². The van der Waals surface area contributed by atoms with Crippen LogP contribution in [0.4, 0.5) is 0 Å². The van der Waals surface area contributed by atoms with Crippen molar-refractivity contribution in [1.82, 2.24) is 4.98 Å². The Kier molecular flexibility index (Phi) is 4.55. The Hall–Kier alpha value is -1.76. The molecule has 1 heterocycles. The molecule has 0 saturated heterocycles. The van der Waals surface area contributed by atoms with E-state index in [9.17, 15) is 9.59 Å². The van der Waals surface area contributed by atoms with E-state index in [1.54, 1.807) is 6.07 Å². The second-order valence-electron chi connectivity index (χ2n) is 3.29. The Balaban J connectivity index is 3.33. The number of esters is 2. The Morgan fingerprint density at radius 1 is 1.39 bits per heavy atom. The minimum atomic E-state index is -1.89. The lowest BCUT2D eigenvalue weighted by Crippen LogP contribution is -2.36. The summed E-state index contributed by atoms with van der Waals surface area (Å²) in [6, 6.07) is 3.08. The molecule has 1 aromatic heterocycles. The smallest absolute Gasteiger partial charge is 0.366 e. The Bertz CT molecular complexity index is 465. The third-order valence-electron chi connectivity index (χ3n) is 2.08. The molecule has 1 aromatic rings. The van der Waals surface area contributed by atoms with Crippen molar-refractivity contribution in [3.05, 3.63) is 23.9 Å². The summed E-state index contributed by atoms with van der Waals surface area (Å²) in [5.74, 6) is -1.40. The van der Waals surface area contributed by atoms with Crippen molar-refractivity contribution < 1.29 is 23.8 Å². The quantitative estimate of drug-likeness (QED) is 0.498. The van der Waals surface area contributed by atoms with E-state index in [0.29, 0.717) is 0 Å². The Morgan fingerprint density at radius 2 is 2.06 bits per heavy atom. The van der Waals surface area contributed by atoms with E-state index in [-0.39, 0.29) is 11.4 Å². The number of aromatic nitrogens is 1. The molecule has 1 unspecified atom stereocenters. The van der Waals surface area contributed by atoms with Gasteiger partial charge in [-0.05, 0) is 12.1 Å². The summed E-state index contributed by atoms with van der Waals surface area (Å²) in [5, 5.41) is 0. The van der Waals surface area contributed by atoms with E-state index in [0.717, 1.165) is 6.92 Å². The molecule has 0 aliphatic heterocycles. The summed E-state index contributed by atoms with van der Waals surface area (Å²) < 4.78 is 14.6. The van der Waals surface area contributed by atoms with Crippen LogP contribution < -0.4 is 4.74 Å². The fourth-order valence-corrected chi connectivity index (χ4v) is 1.75. The molecular weight excluding hydrogens is 258 g/mol. The predicted molar refractivity (Wildman–Crippen MR) is 65.2 cm³/mol. The molecule has 0 aromatic carbocycles. The van der Waals surface area contributed by atoms with Crippen LogP contribution in [0.5, 0.6) is 5.88 Å². The van der Waals surface area contributed by atoms with Crippen LogP contribution >= 0.6 is 12.6 Å². The van der Waals surface area contributed by atoms with Crippen LogP contribution in [-0.2, 0) is 24.0 Å². The van der Waals surface area contributed by atoms with Crippen molar-refractivity contribution in [2.75, 3.05) is 14.2 Å². The lowest BCUT2D eigenvalue weighted by molar-refractivity contribution is -0.169. The minimum Gasteiger partial charge on any atom is -0.481 e. The molecule has 0 amide bonds. The van der Waals surface area contributed by atoms with Gasteiger partial charge in [-0.2, -0.15) is 0 Å². The van der Waals surface area contributed by atoms with E-state index >= 15 is 0 Å². The van der Waals surface area contributed by atoms with Crippen molar-refractivity contribution in [3.63, 3.8) is 0 Å². The van der Waals surface area contributed by atoms with Gasteiger partial charge in [0.2, 0.25) is 5.88 Å². The highest BCUT2D eigenvalue weighted by molar-refractivity contribution is 7.82. The number of hydrogen-bond donors (Lipinski definition) is 1. The summed E-state index contributed by atoms with van der Waals surface area (Å²) >= 11 is 4.11. The molecular formula is C11H13NO5S. The Labute approximate surface area is 110 Å². The molecule has 7 heteroatoms. The van der Waals surface area contributed by atoms with Crippen LogP contribution in [0.2, 0.25) is 0 Å². The highest BCUT2D eigenvalue weighted by Crippen LogP contribution is 2.36. The first kappa shape index (κ1) is 14.3. The summed E-state index contributed by atoms with van der Waals surface area (Å²) in [7, 11) is 2.55. The minimum absolute atomic E-state index is 0.124. The maximum atomic E-state index is 11.8. The number of thiol groups is 1. The third kappa shape index (κ3) is 2.73. The van der Waals surface area contributed by atoms with E-state index < -0.39 is 16.9 Å². The zero-order chi connectivity index (χ0) is 13.8. The van der Waals surface area contributed by atoms with Crippen LogP contribution in [0, 0.1) is 0 Å². The molecule has 0 spiro atoms. The first-order chi connectivity index (χ1) is 8.45. The molecule has 0 fully saturated rings. The lowest BCUT2D eigenvalue weighted by Gasteiger charge is -2.26. The molecule has 1 rings (SSSR count). The number of carbonyl (C=O) groups is 2. The number of methoxy groups -OCH3 is 2. The number of ether oxygens (including phenoxy) is 3. The zero-order valence-electron chi connectivity index (χ0n) is 10.2. The van der Waals surface area contributed by atoms with Gasteiger partial charge in [0.25, 0.3) is 4.93 Å². The zero-order valence-corrected chi connectivity index (χ0v) is 11.1. The van der Waals surface area contributed by atoms with Crippen molar-refractivity contribution >= 4 is 24.6 Å². The number of pyridine rings is 1. The van der Waals surface area contributed by atoms with Crippen LogP contribution in [0.1, 0.15) is 12.5 Å². The maximum absolute atomic E-state index is 11.8. The second kappa shape index (κ2) is 5.72. The van der Waals surface area contributed by atoms with Crippen molar-refractivity contribution in [3.8, 4) is 5.88 Å². The normalized spacial score (nSPS) is 13.3. The molecule has 0 bridgehead atoms. The largest absolute Gasteiger partial charge is 0.481 e.